The zero-order valence-electron chi connectivity index (χ0n) is 14.2. The minimum absolute atomic E-state index is 0.0592. The van der Waals surface area contributed by atoms with Crippen LogP contribution in [0.2, 0.25) is 5.02 Å². The van der Waals surface area contributed by atoms with E-state index in [1.807, 2.05) is 31.2 Å². The molecule has 25 heavy (non-hydrogen) atoms. The van der Waals surface area contributed by atoms with E-state index in [1.165, 1.54) is 17.8 Å². The highest BCUT2D eigenvalue weighted by molar-refractivity contribution is 7.99. The molecule has 1 N–H and O–H groups in total. The first-order chi connectivity index (χ1) is 12.0. The Morgan fingerprint density at radius 3 is 2.60 bits per heavy atom. The molecule has 0 aromatic heterocycles. The van der Waals surface area contributed by atoms with Crippen molar-refractivity contribution in [2.45, 2.75) is 25.1 Å². The van der Waals surface area contributed by atoms with Crippen molar-refractivity contribution >= 4 is 29.3 Å². The lowest BCUT2D eigenvalue weighted by Gasteiger charge is -2.18. The number of hydrogen-bond acceptors (Lipinski definition) is 3. The molecule has 0 bridgehead atoms. The fraction of sp³-hybridized carbons (Fsp3) is 0.316. The van der Waals surface area contributed by atoms with E-state index in [-0.39, 0.29) is 23.5 Å². The van der Waals surface area contributed by atoms with Gasteiger partial charge in [0.15, 0.2) is 0 Å². The maximum Gasteiger partial charge on any atom is 0.230 e. The monoisotopic (exact) mass is 381 g/mol. The predicted octanol–water partition coefficient (Wildman–Crippen LogP) is 4.99. The number of amides is 1. The first kappa shape index (κ1) is 19.6. The molecule has 2 aromatic rings. The topological polar surface area (TPSA) is 38.3 Å². The van der Waals surface area contributed by atoms with E-state index in [0.717, 1.165) is 17.7 Å². The van der Waals surface area contributed by atoms with Crippen LogP contribution in [0.1, 0.15) is 30.5 Å². The highest BCUT2D eigenvalue weighted by Crippen LogP contribution is 2.24. The number of thioether (sulfide) groups is 1. The molecule has 2 rings (SSSR count). The number of carbonyl (C=O) groups excluding carboxylic acids is 1. The molecule has 134 valence electrons. The summed E-state index contributed by atoms with van der Waals surface area (Å²) in [6, 6.07) is 12.2. The average molecular weight is 382 g/mol. The second kappa shape index (κ2) is 9.68. The van der Waals surface area contributed by atoms with Gasteiger partial charge in [0.2, 0.25) is 5.91 Å². The van der Waals surface area contributed by atoms with Crippen LogP contribution in [-0.4, -0.2) is 18.8 Å². The Kier molecular flexibility index (Phi) is 7.59. The molecule has 0 fully saturated rings. The molecular formula is C19H21ClFNO2S. The third-order valence-corrected chi connectivity index (χ3v) is 5.12. The van der Waals surface area contributed by atoms with Gasteiger partial charge in [0.05, 0.1) is 18.9 Å². The molecular weight excluding hydrogens is 361 g/mol. The van der Waals surface area contributed by atoms with Crippen LogP contribution < -0.4 is 10.1 Å². The summed E-state index contributed by atoms with van der Waals surface area (Å²) in [4.78, 5) is 12.2. The molecule has 6 heteroatoms. The van der Waals surface area contributed by atoms with Crippen LogP contribution in [0.5, 0.6) is 5.75 Å². The Hall–Kier alpha value is -1.72. The highest BCUT2D eigenvalue weighted by Gasteiger charge is 2.14. The third kappa shape index (κ3) is 5.65. The predicted molar refractivity (Wildman–Crippen MR) is 102 cm³/mol. The molecule has 0 saturated heterocycles. The van der Waals surface area contributed by atoms with Crippen LogP contribution in [0.15, 0.2) is 42.5 Å². The van der Waals surface area contributed by atoms with Gasteiger partial charge >= 0.3 is 0 Å². The summed E-state index contributed by atoms with van der Waals surface area (Å²) in [5, 5.41) is 3.40. The molecule has 0 saturated carbocycles. The second-order valence-electron chi connectivity index (χ2n) is 5.49. The van der Waals surface area contributed by atoms with Crippen molar-refractivity contribution in [2.75, 3.05) is 12.9 Å². The van der Waals surface area contributed by atoms with Gasteiger partial charge in [-0.3, -0.25) is 4.79 Å². The Bertz CT molecular complexity index is 689. The summed E-state index contributed by atoms with van der Waals surface area (Å²) in [6.45, 7) is 2.02. The SMILES string of the molecule is CC[C@H](NC(=O)CSCc1c(F)cccc1Cl)c1ccc(OC)cc1. The van der Waals surface area contributed by atoms with Crippen molar-refractivity contribution in [3.63, 3.8) is 0 Å². The van der Waals surface area contributed by atoms with Gasteiger partial charge in [-0.05, 0) is 36.2 Å². The smallest absolute Gasteiger partial charge is 0.230 e. The van der Waals surface area contributed by atoms with Crippen LogP contribution in [0.3, 0.4) is 0 Å². The van der Waals surface area contributed by atoms with Crippen molar-refractivity contribution < 1.29 is 13.9 Å². The number of methoxy groups -OCH3 is 1. The number of benzene rings is 2. The van der Waals surface area contributed by atoms with Gasteiger partial charge in [0.1, 0.15) is 11.6 Å². The van der Waals surface area contributed by atoms with Crippen LogP contribution in [-0.2, 0) is 10.5 Å². The minimum atomic E-state index is -0.343. The molecule has 2 aromatic carbocycles. The number of halogens is 2. The van der Waals surface area contributed by atoms with Crippen LogP contribution in [0.4, 0.5) is 4.39 Å². The van der Waals surface area contributed by atoms with Gasteiger partial charge in [-0.2, -0.15) is 0 Å². The zero-order valence-corrected chi connectivity index (χ0v) is 15.8. The molecule has 1 atom stereocenters. The maximum atomic E-state index is 13.7. The number of ether oxygens (including phenoxy) is 1. The highest BCUT2D eigenvalue weighted by atomic mass is 35.5. The summed E-state index contributed by atoms with van der Waals surface area (Å²) in [7, 11) is 1.62. The summed E-state index contributed by atoms with van der Waals surface area (Å²) in [6.07, 6.45) is 0.780. The molecule has 0 aliphatic rings. The van der Waals surface area contributed by atoms with E-state index in [4.69, 9.17) is 16.3 Å². The van der Waals surface area contributed by atoms with E-state index < -0.39 is 0 Å². The molecule has 0 unspecified atom stereocenters. The van der Waals surface area contributed by atoms with Crippen molar-refractivity contribution in [3.05, 3.63) is 64.4 Å². The minimum Gasteiger partial charge on any atom is -0.497 e. The van der Waals surface area contributed by atoms with Gasteiger partial charge < -0.3 is 10.1 Å². The quantitative estimate of drug-likeness (QED) is 0.700. The van der Waals surface area contributed by atoms with Crippen LogP contribution in [0, 0.1) is 5.82 Å². The van der Waals surface area contributed by atoms with E-state index in [2.05, 4.69) is 5.32 Å². The zero-order chi connectivity index (χ0) is 18.2. The normalized spacial score (nSPS) is 11.8. The fourth-order valence-corrected chi connectivity index (χ4v) is 3.59. The Morgan fingerprint density at radius 2 is 2.00 bits per heavy atom. The van der Waals surface area contributed by atoms with Crippen molar-refractivity contribution in [2.24, 2.45) is 0 Å². The summed E-state index contributed by atoms with van der Waals surface area (Å²) < 4.78 is 18.9. The number of rotatable bonds is 8. The van der Waals surface area contributed by atoms with E-state index in [1.54, 1.807) is 19.2 Å². The summed E-state index contributed by atoms with van der Waals surface area (Å²) >= 11 is 7.33. The number of hydrogen-bond donors (Lipinski definition) is 1. The third-order valence-electron chi connectivity index (χ3n) is 3.80. The summed E-state index contributed by atoms with van der Waals surface area (Å²) in [5.41, 5.74) is 1.46. The lowest BCUT2D eigenvalue weighted by molar-refractivity contribution is -0.119. The first-order valence-electron chi connectivity index (χ1n) is 7.99. The molecule has 0 aliphatic carbocycles. The van der Waals surface area contributed by atoms with Crippen LogP contribution in [0.25, 0.3) is 0 Å². The Balaban J connectivity index is 1.87. The number of nitrogens with one attached hydrogen (secondary N) is 1. The Labute approximate surface area is 156 Å². The fourth-order valence-electron chi connectivity index (χ4n) is 2.41. The van der Waals surface area contributed by atoms with Gasteiger partial charge in [-0.25, -0.2) is 4.39 Å². The lowest BCUT2D eigenvalue weighted by Crippen LogP contribution is -2.29. The van der Waals surface area contributed by atoms with E-state index in [9.17, 15) is 9.18 Å². The Morgan fingerprint density at radius 1 is 1.28 bits per heavy atom. The van der Waals surface area contributed by atoms with Gasteiger partial charge in [0.25, 0.3) is 0 Å². The molecule has 0 heterocycles. The first-order valence-corrected chi connectivity index (χ1v) is 9.52. The van der Waals surface area contributed by atoms with Gasteiger partial charge in [0, 0.05) is 16.3 Å². The average Bonchev–Trinajstić information content (AvgIpc) is 2.62. The molecule has 0 spiro atoms. The molecule has 1 amide bonds. The van der Waals surface area contributed by atoms with Gasteiger partial charge in [-0.15, -0.1) is 11.8 Å². The summed E-state index contributed by atoms with van der Waals surface area (Å²) in [5.74, 6) is 0.961. The number of carbonyl (C=O) groups is 1. The second-order valence-corrected chi connectivity index (χ2v) is 6.89. The van der Waals surface area contributed by atoms with Crippen LogP contribution >= 0.6 is 23.4 Å². The maximum absolute atomic E-state index is 13.7. The van der Waals surface area contributed by atoms with Gasteiger partial charge in [-0.1, -0.05) is 36.7 Å². The van der Waals surface area contributed by atoms with E-state index in [0.29, 0.717) is 16.3 Å². The largest absolute Gasteiger partial charge is 0.497 e. The molecule has 0 radical (unpaired) electrons. The standard InChI is InChI=1S/C19H21ClFNO2S/c1-3-18(13-7-9-14(24-2)10-8-13)22-19(23)12-25-11-15-16(20)5-4-6-17(15)21/h4-10,18H,3,11-12H2,1-2H3,(H,22,23)/t18-/m0/s1. The van der Waals surface area contributed by atoms with Crippen molar-refractivity contribution in [1.29, 1.82) is 0 Å². The van der Waals surface area contributed by atoms with Crippen molar-refractivity contribution in [1.82, 2.24) is 5.32 Å². The lowest BCUT2D eigenvalue weighted by atomic mass is 10.0. The van der Waals surface area contributed by atoms with Crippen molar-refractivity contribution in [3.8, 4) is 5.75 Å². The van der Waals surface area contributed by atoms with E-state index >= 15 is 0 Å². The molecule has 0 aliphatic heterocycles. The molecule has 3 nitrogen and oxygen atoms in total.